The molecule has 6 heteroatoms. The van der Waals surface area contributed by atoms with E-state index < -0.39 is 17.1 Å². The van der Waals surface area contributed by atoms with E-state index in [9.17, 15) is 10.2 Å². The van der Waals surface area contributed by atoms with Crippen LogP contribution >= 0.6 is 0 Å². The number of rotatable bonds is 6. The minimum Gasteiger partial charge on any atom is -0.504 e. The summed E-state index contributed by atoms with van der Waals surface area (Å²) in [5.74, 6) is 1.49. The number of oxime groups is 1. The Morgan fingerprint density at radius 3 is 2.79 bits per heavy atom. The normalized spacial score (nSPS) is 34.6. The lowest BCUT2D eigenvalue weighted by atomic mass is 9.49. The molecule has 0 aromatic heterocycles. The van der Waals surface area contributed by atoms with Crippen LogP contribution in [0.1, 0.15) is 48.8 Å². The highest BCUT2D eigenvalue weighted by atomic mass is 16.6. The molecule has 4 atom stereocenters. The molecule has 2 heterocycles. The lowest BCUT2D eigenvalue weighted by molar-refractivity contribution is -0.167. The van der Waals surface area contributed by atoms with Gasteiger partial charge in [-0.25, -0.2) is 0 Å². The van der Waals surface area contributed by atoms with Crippen molar-refractivity contribution >= 4 is 5.71 Å². The highest BCUT2D eigenvalue weighted by molar-refractivity contribution is 5.94. The van der Waals surface area contributed by atoms with Crippen molar-refractivity contribution in [1.82, 2.24) is 4.90 Å². The Morgan fingerprint density at radius 2 is 1.97 bits per heavy atom. The first-order valence-corrected chi connectivity index (χ1v) is 12.8. The maximum atomic E-state index is 12.4. The number of piperidine rings is 1. The molecule has 2 saturated carbocycles. The summed E-state index contributed by atoms with van der Waals surface area (Å²) in [5.41, 5.74) is 2.85. The predicted octanol–water partition coefficient (Wildman–Crippen LogP) is 3.57. The molecule has 2 bridgehead atoms. The smallest absolute Gasteiger partial charge is 0.166 e. The molecule has 6 nitrogen and oxygen atoms in total. The fourth-order valence-corrected chi connectivity index (χ4v) is 7.31. The SMILES string of the molecule is Oc1ccc2c3c1O[C@H]1/C(=N/OCCc4ccccc4)CC[C@@]4(O)[C@@H](C2)N(CC2CC2)CC[C@]314. The van der Waals surface area contributed by atoms with Crippen LogP contribution in [0.2, 0.25) is 0 Å². The van der Waals surface area contributed by atoms with Gasteiger partial charge in [0.2, 0.25) is 0 Å². The molecule has 5 aliphatic rings. The largest absolute Gasteiger partial charge is 0.504 e. The minimum atomic E-state index is -0.889. The zero-order valence-electron chi connectivity index (χ0n) is 19.4. The number of nitrogens with zero attached hydrogens (tertiary/aromatic N) is 2. The fraction of sp³-hybridized carbons (Fsp3) is 0.536. The number of benzene rings is 2. The molecule has 3 fully saturated rings. The summed E-state index contributed by atoms with van der Waals surface area (Å²) in [4.78, 5) is 8.35. The van der Waals surface area contributed by atoms with E-state index in [1.54, 1.807) is 6.07 Å². The molecule has 1 saturated heterocycles. The maximum Gasteiger partial charge on any atom is 0.166 e. The summed E-state index contributed by atoms with van der Waals surface area (Å²) < 4.78 is 6.49. The van der Waals surface area contributed by atoms with Crippen LogP contribution in [0, 0.1) is 5.92 Å². The first-order valence-electron chi connectivity index (χ1n) is 12.8. The topological polar surface area (TPSA) is 74.5 Å². The van der Waals surface area contributed by atoms with Crippen molar-refractivity contribution in [2.24, 2.45) is 11.1 Å². The van der Waals surface area contributed by atoms with E-state index in [4.69, 9.17) is 9.57 Å². The number of ether oxygens (including phenoxy) is 1. The molecule has 3 aliphatic carbocycles. The Hall–Kier alpha value is -2.57. The standard InChI is InChI=1S/C28H32N2O4/c31-22-9-8-20-16-23-28(32)12-10-21(29-33-15-11-18-4-2-1-3-5-18)26-27(28,24(20)25(22)34-26)13-14-30(23)17-19-6-7-19/h1-5,8-9,19,23,26,31-32H,6-7,10-17H2/b29-21+/t23-,26+,27+,28-/m1/s1. The molecule has 2 aromatic rings. The molecule has 2 N–H and O–H groups in total. The Balaban J connectivity index is 1.23. The second kappa shape index (κ2) is 7.46. The van der Waals surface area contributed by atoms with Crippen molar-refractivity contribution in [3.05, 3.63) is 59.2 Å². The quantitative estimate of drug-likeness (QED) is 0.509. The molecule has 0 radical (unpaired) electrons. The first kappa shape index (κ1) is 20.8. The number of phenols is 1. The van der Waals surface area contributed by atoms with Gasteiger partial charge in [-0.1, -0.05) is 41.6 Å². The molecular formula is C28H32N2O4. The van der Waals surface area contributed by atoms with Gasteiger partial charge in [0.25, 0.3) is 0 Å². The van der Waals surface area contributed by atoms with Crippen LogP contribution in [0.25, 0.3) is 0 Å². The number of likely N-dealkylation sites (tertiary alicyclic amines) is 1. The second-order valence-electron chi connectivity index (χ2n) is 10.9. The average Bonchev–Trinajstić information content (AvgIpc) is 3.59. The van der Waals surface area contributed by atoms with E-state index in [0.29, 0.717) is 25.2 Å². The van der Waals surface area contributed by atoms with Gasteiger partial charge in [0.1, 0.15) is 6.61 Å². The first-order chi connectivity index (χ1) is 16.6. The van der Waals surface area contributed by atoms with Crippen LogP contribution < -0.4 is 4.74 Å². The van der Waals surface area contributed by atoms with Crippen molar-refractivity contribution in [1.29, 1.82) is 0 Å². The summed E-state index contributed by atoms with van der Waals surface area (Å²) in [6.07, 6.45) is 5.93. The van der Waals surface area contributed by atoms with Crippen LogP contribution in [0.4, 0.5) is 0 Å². The van der Waals surface area contributed by atoms with E-state index in [1.807, 2.05) is 24.3 Å². The highest BCUT2D eigenvalue weighted by Gasteiger charge is 2.72. The van der Waals surface area contributed by atoms with Gasteiger partial charge < -0.3 is 19.8 Å². The van der Waals surface area contributed by atoms with Gasteiger partial charge in [-0.05, 0) is 68.2 Å². The monoisotopic (exact) mass is 460 g/mol. The molecule has 34 heavy (non-hydrogen) atoms. The summed E-state index contributed by atoms with van der Waals surface area (Å²) >= 11 is 0. The Kier molecular flexibility index (Phi) is 4.56. The van der Waals surface area contributed by atoms with E-state index in [0.717, 1.165) is 49.5 Å². The molecule has 7 rings (SSSR count). The van der Waals surface area contributed by atoms with Crippen molar-refractivity contribution in [3.8, 4) is 11.5 Å². The average molecular weight is 461 g/mol. The summed E-state index contributed by atoms with van der Waals surface area (Å²) in [6, 6.07) is 14.1. The third-order valence-corrected chi connectivity index (χ3v) is 9.08. The molecule has 2 aromatic carbocycles. The van der Waals surface area contributed by atoms with Crippen LogP contribution in [-0.4, -0.2) is 58.3 Å². The minimum absolute atomic E-state index is 0.0801. The molecule has 1 spiro atoms. The van der Waals surface area contributed by atoms with Gasteiger partial charge in [-0.2, -0.15) is 0 Å². The second-order valence-corrected chi connectivity index (χ2v) is 10.9. The van der Waals surface area contributed by atoms with E-state index >= 15 is 0 Å². The molecular weight excluding hydrogens is 428 g/mol. The molecule has 178 valence electrons. The van der Waals surface area contributed by atoms with Crippen LogP contribution in [0.3, 0.4) is 0 Å². The summed E-state index contributed by atoms with van der Waals surface area (Å²) in [7, 11) is 0. The van der Waals surface area contributed by atoms with Crippen LogP contribution in [0.15, 0.2) is 47.6 Å². The van der Waals surface area contributed by atoms with Crippen LogP contribution in [-0.2, 0) is 23.1 Å². The lowest BCUT2D eigenvalue weighted by Gasteiger charge is -2.63. The Morgan fingerprint density at radius 1 is 1.12 bits per heavy atom. The third kappa shape index (κ3) is 2.85. The van der Waals surface area contributed by atoms with Gasteiger partial charge in [-0.3, -0.25) is 4.90 Å². The number of hydrogen-bond donors (Lipinski definition) is 2. The molecule has 0 unspecified atom stereocenters. The van der Waals surface area contributed by atoms with Crippen molar-refractivity contribution < 1.29 is 19.8 Å². The molecule has 0 amide bonds. The maximum absolute atomic E-state index is 12.4. The van der Waals surface area contributed by atoms with Crippen molar-refractivity contribution in [2.75, 3.05) is 19.7 Å². The predicted molar refractivity (Wildman–Crippen MR) is 128 cm³/mol. The van der Waals surface area contributed by atoms with Gasteiger partial charge in [0, 0.05) is 24.6 Å². The number of hydrogen-bond acceptors (Lipinski definition) is 6. The van der Waals surface area contributed by atoms with Crippen molar-refractivity contribution in [2.45, 2.75) is 68.1 Å². The lowest BCUT2D eigenvalue weighted by Crippen LogP contribution is -2.76. The van der Waals surface area contributed by atoms with Gasteiger partial charge >= 0.3 is 0 Å². The van der Waals surface area contributed by atoms with Gasteiger partial charge in [0.05, 0.1) is 16.7 Å². The third-order valence-electron chi connectivity index (χ3n) is 9.08. The van der Waals surface area contributed by atoms with Gasteiger partial charge in [-0.15, -0.1) is 0 Å². The zero-order chi connectivity index (χ0) is 22.9. The Bertz CT molecular complexity index is 1150. The number of aromatic hydroxyl groups is 1. The van der Waals surface area contributed by atoms with E-state index in [2.05, 4.69) is 22.2 Å². The van der Waals surface area contributed by atoms with E-state index in [1.165, 1.54) is 24.0 Å². The number of phenolic OH excluding ortho intramolecular Hbond substituents is 1. The van der Waals surface area contributed by atoms with Gasteiger partial charge in [0.15, 0.2) is 17.6 Å². The fourth-order valence-electron chi connectivity index (χ4n) is 7.31. The Labute approximate surface area is 200 Å². The summed E-state index contributed by atoms with van der Waals surface area (Å²) in [6.45, 7) is 2.52. The zero-order valence-corrected chi connectivity index (χ0v) is 19.4. The van der Waals surface area contributed by atoms with Crippen molar-refractivity contribution in [3.63, 3.8) is 0 Å². The summed E-state index contributed by atoms with van der Waals surface area (Å²) in [5, 5.41) is 27.7. The van der Waals surface area contributed by atoms with Crippen LogP contribution in [0.5, 0.6) is 11.5 Å². The number of aliphatic hydroxyl groups is 1. The van der Waals surface area contributed by atoms with E-state index in [-0.39, 0.29) is 11.8 Å². The molecule has 2 aliphatic heterocycles. The highest BCUT2D eigenvalue weighted by Crippen LogP contribution is 2.65.